The second-order valence-corrected chi connectivity index (χ2v) is 1.58. The second kappa shape index (κ2) is 4.79. The van der Waals surface area contributed by atoms with Gasteiger partial charge < -0.3 is 15.2 Å². The summed E-state index contributed by atoms with van der Waals surface area (Å²) in [6, 6.07) is 1.77. The maximum absolute atomic E-state index is 8.16. The quantitative estimate of drug-likeness (QED) is 0.444. The van der Waals surface area contributed by atoms with Crippen LogP contribution in [0.25, 0.3) is 0 Å². The third-order valence-corrected chi connectivity index (χ3v) is 0.932. The molecule has 0 amide bonds. The predicted octanol–water partition coefficient (Wildman–Crippen LogP) is -0.0285. The Kier molecular flexibility index (Phi) is 4.29. The van der Waals surface area contributed by atoms with Crippen molar-refractivity contribution in [3.8, 4) is 6.07 Å². The molecule has 0 atom stereocenters. The molecule has 0 aliphatic rings. The average Bonchev–Trinajstić information content (AvgIpc) is 1.91. The zero-order valence-electron chi connectivity index (χ0n) is 6.00. The summed E-state index contributed by atoms with van der Waals surface area (Å²) in [4.78, 5) is 0. The summed E-state index contributed by atoms with van der Waals surface area (Å²) >= 11 is 0. The zero-order valence-corrected chi connectivity index (χ0v) is 6.00. The molecule has 0 saturated heterocycles. The molecule has 0 unspecified atom stereocenters. The van der Waals surface area contributed by atoms with Gasteiger partial charge in [-0.2, -0.15) is 5.26 Å². The van der Waals surface area contributed by atoms with Gasteiger partial charge in [0.05, 0.1) is 11.8 Å². The lowest BCUT2D eigenvalue weighted by atomic mass is 10.4. The van der Waals surface area contributed by atoms with Crippen LogP contribution in [-0.4, -0.2) is 20.5 Å². The van der Waals surface area contributed by atoms with Crippen molar-refractivity contribution in [2.45, 2.75) is 6.29 Å². The van der Waals surface area contributed by atoms with Gasteiger partial charge in [0, 0.05) is 20.3 Å². The molecule has 0 fully saturated rings. The Morgan fingerprint density at radius 3 is 2.40 bits per heavy atom. The van der Waals surface area contributed by atoms with Crippen LogP contribution in [0.4, 0.5) is 0 Å². The van der Waals surface area contributed by atoms with Gasteiger partial charge in [0.1, 0.15) is 0 Å². The van der Waals surface area contributed by atoms with Crippen molar-refractivity contribution in [1.29, 1.82) is 5.26 Å². The molecular weight excluding hydrogens is 132 g/mol. The highest BCUT2D eigenvalue weighted by atomic mass is 16.7. The van der Waals surface area contributed by atoms with Crippen LogP contribution in [0, 0.1) is 11.3 Å². The van der Waals surface area contributed by atoms with Crippen molar-refractivity contribution in [2.24, 2.45) is 5.73 Å². The van der Waals surface area contributed by atoms with Crippen LogP contribution in [0.1, 0.15) is 0 Å². The monoisotopic (exact) mass is 142 g/mol. The Hall–Kier alpha value is -1.05. The Morgan fingerprint density at radius 2 is 2.10 bits per heavy atom. The highest BCUT2D eigenvalue weighted by molar-refractivity contribution is 5.12. The third-order valence-electron chi connectivity index (χ3n) is 0.932. The molecule has 0 radical (unpaired) electrons. The SMILES string of the molecule is COC(OC)/C(N)=C/C#N. The van der Waals surface area contributed by atoms with E-state index in [1.165, 1.54) is 20.3 Å². The molecule has 0 spiro atoms. The van der Waals surface area contributed by atoms with Gasteiger partial charge in [-0.1, -0.05) is 0 Å². The van der Waals surface area contributed by atoms with Gasteiger partial charge in [0.2, 0.25) is 0 Å². The van der Waals surface area contributed by atoms with Crippen molar-refractivity contribution in [2.75, 3.05) is 14.2 Å². The highest BCUT2D eigenvalue weighted by Crippen LogP contribution is 1.98. The molecule has 0 aliphatic carbocycles. The highest BCUT2D eigenvalue weighted by Gasteiger charge is 2.06. The minimum Gasteiger partial charge on any atom is -0.397 e. The average molecular weight is 142 g/mol. The van der Waals surface area contributed by atoms with Crippen LogP contribution in [0.5, 0.6) is 0 Å². The van der Waals surface area contributed by atoms with Gasteiger partial charge in [-0.25, -0.2) is 0 Å². The number of nitrogens with zero attached hydrogens (tertiary/aromatic N) is 1. The number of ether oxygens (including phenoxy) is 2. The standard InChI is InChI=1S/C6H10N2O2/c1-9-6(10-2)5(8)3-4-7/h3,6H,8H2,1-2H3/b5-3-. The predicted molar refractivity (Wildman–Crippen MR) is 35.7 cm³/mol. The summed E-state index contributed by atoms with van der Waals surface area (Å²) < 4.78 is 9.49. The van der Waals surface area contributed by atoms with E-state index in [9.17, 15) is 0 Å². The first-order chi connectivity index (χ1) is 4.76. The maximum Gasteiger partial charge on any atom is 0.198 e. The Morgan fingerprint density at radius 1 is 1.60 bits per heavy atom. The molecule has 0 bridgehead atoms. The molecule has 0 aromatic carbocycles. The van der Waals surface area contributed by atoms with E-state index in [1.807, 2.05) is 0 Å². The summed E-state index contributed by atoms with van der Waals surface area (Å²) in [7, 11) is 2.90. The zero-order chi connectivity index (χ0) is 7.98. The van der Waals surface area contributed by atoms with Crippen molar-refractivity contribution >= 4 is 0 Å². The van der Waals surface area contributed by atoms with Gasteiger partial charge in [0.25, 0.3) is 0 Å². The van der Waals surface area contributed by atoms with Gasteiger partial charge in [0.15, 0.2) is 6.29 Å². The van der Waals surface area contributed by atoms with Crippen LogP contribution < -0.4 is 5.73 Å². The van der Waals surface area contributed by atoms with E-state index in [2.05, 4.69) is 0 Å². The molecule has 0 saturated carbocycles. The van der Waals surface area contributed by atoms with E-state index in [0.717, 1.165) is 0 Å². The van der Waals surface area contributed by atoms with E-state index in [1.54, 1.807) is 6.07 Å². The third kappa shape index (κ3) is 2.49. The normalized spacial score (nSPS) is 11.6. The van der Waals surface area contributed by atoms with Crippen molar-refractivity contribution in [3.63, 3.8) is 0 Å². The summed E-state index contributed by atoms with van der Waals surface area (Å²) in [6.45, 7) is 0. The molecule has 4 nitrogen and oxygen atoms in total. The van der Waals surface area contributed by atoms with Crippen molar-refractivity contribution in [1.82, 2.24) is 0 Å². The Balaban J connectivity index is 4.04. The maximum atomic E-state index is 8.16. The second-order valence-electron chi connectivity index (χ2n) is 1.58. The van der Waals surface area contributed by atoms with Crippen LogP contribution >= 0.6 is 0 Å². The first-order valence-electron chi connectivity index (χ1n) is 2.67. The van der Waals surface area contributed by atoms with Crippen LogP contribution in [0.15, 0.2) is 11.8 Å². The van der Waals surface area contributed by atoms with E-state index in [-0.39, 0.29) is 5.70 Å². The molecular formula is C6H10N2O2. The fourth-order valence-corrected chi connectivity index (χ4v) is 0.511. The smallest absolute Gasteiger partial charge is 0.198 e. The fraction of sp³-hybridized carbons (Fsp3) is 0.500. The van der Waals surface area contributed by atoms with E-state index >= 15 is 0 Å². The van der Waals surface area contributed by atoms with E-state index in [4.69, 9.17) is 20.5 Å². The molecule has 0 aromatic heterocycles. The molecule has 2 N–H and O–H groups in total. The van der Waals surface area contributed by atoms with Crippen molar-refractivity contribution < 1.29 is 9.47 Å². The topological polar surface area (TPSA) is 68.3 Å². The summed E-state index contributed by atoms with van der Waals surface area (Å²) in [5.41, 5.74) is 5.61. The summed E-state index contributed by atoms with van der Waals surface area (Å²) in [5.74, 6) is 0. The molecule has 0 rings (SSSR count). The molecule has 0 aliphatic heterocycles. The molecule has 10 heavy (non-hydrogen) atoms. The number of nitrogens with two attached hydrogens (primary N) is 1. The van der Waals surface area contributed by atoms with Crippen LogP contribution in [-0.2, 0) is 9.47 Å². The lowest BCUT2D eigenvalue weighted by Gasteiger charge is -2.11. The number of allylic oxidation sites excluding steroid dienone is 1. The lowest BCUT2D eigenvalue weighted by molar-refractivity contribution is -0.0756. The van der Waals surface area contributed by atoms with Gasteiger partial charge >= 0.3 is 0 Å². The number of hydrogen-bond donors (Lipinski definition) is 1. The first-order valence-corrected chi connectivity index (χ1v) is 2.67. The number of hydrogen-bond acceptors (Lipinski definition) is 4. The molecule has 0 aromatic rings. The molecule has 0 heterocycles. The van der Waals surface area contributed by atoms with Gasteiger partial charge in [-0.3, -0.25) is 0 Å². The lowest BCUT2D eigenvalue weighted by Crippen LogP contribution is -2.21. The number of nitriles is 1. The minimum absolute atomic E-state index is 0.271. The van der Waals surface area contributed by atoms with E-state index in [0.29, 0.717) is 0 Å². The van der Waals surface area contributed by atoms with E-state index < -0.39 is 6.29 Å². The van der Waals surface area contributed by atoms with Gasteiger partial charge in [-0.15, -0.1) is 0 Å². The minimum atomic E-state index is -0.611. The van der Waals surface area contributed by atoms with Gasteiger partial charge in [-0.05, 0) is 0 Å². The van der Waals surface area contributed by atoms with Crippen LogP contribution in [0.3, 0.4) is 0 Å². The largest absolute Gasteiger partial charge is 0.397 e. The summed E-state index contributed by atoms with van der Waals surface area (Å²) in [6.07, 6.45) is 0.567. The number of methoxy groups -OCH3 is 2. The first kappa shape index (κ1) is 8.95. The van der Waals surface area contributed by atoms with Crippen molar-refractivity contribution in [3.05, 3.63) is 11.8 Å². The van der Waals surface area contributed by atoms with Crippen LogP contribution in [0.2, 0.25) is 0 Å². The Bertz CT molecular complexity index is 156. The number of rotatable bonds is 3. The summed E-state index contributed by atoms with van der Waals surface area (Å²) in [5, 5.41) is 8.16. The molecule has 56 valence electrons. The Labute approximate surface area is 59.8 Å². The molecule has 4 heteroatoms. The fourth-order valence-electron chi connectivity index (χ4n) is 0.511.